The highest BCUT2D eigenvalue weighted by molar-refractivity contribution is 6.11. The standard InChI is InChI=1S/C21H27N3O6/c1-20(2,3)30-19(28)24-12-13(17(25)29-5)15-14(8-11-22-16(15)24)23(4)21(18(26)27)9-6-7-10-21/h8,11-12H,6-7,9-10H2,1-5H3,(H,26,27). The van der Waals surface area contributed by atoms with Crippen molar-refractivity contribution in [2.45, 2.75) is 57.6 Å². The Morgan fingerprint density at radius 3 is 2.40 bits per heavy atom. The van der Waals surface area contributed by atoms with E-state index < -0.39 is 29.2 Å². The zero-order valence-corrected chi connectivity index (χ0v) is 17.9. The predicted molar refractivity (Wildman–Crippen MR) is 110 cm³/mol. The Hall–Kier alpha value is -3.10. The van der Waals surface area contributed by atoms with E-state index in [-0.39, 0.29) is 11.2 Å². The molecule has 1 N–H and O–H groups in total. The molecule has 162 valence electrons. The highest BCUT2D eigenvalue weighted by atomic mass is 16.6. The fourth-order valence-corrected chi connectivity index (χ4v) is 4.01. The molecule has 0 saturated heterocycles. The number of likely N-dealkylation sites (N-methyl/N-ethyl adjacent to an activating group) is 1. The van der Waals surface area contributed by atoms with E-state index in [1.54, 1.807) is 38.8 Å². The average Bonchev–Trinajstić information content (AvgIpc) is 3.31. The maximum absolute atomic E-state index is 12.7. The summed E-state index contributed by atoms with van der Waals surface area (Å²) in [5.41, 5.74) is -1.02. The van der Waals surface area contributed by atoms with Crippen molar-refractivity contribution in [1.82, 2.24) is 9.55 Å². The molecule has 1 aliphatic rings. The summed E-state index contributed by atoms with van der Waals surface area (Å²) in [6, 6.07) is 1.65. The number of carboxylic acid groups (broad SMARTS) is 1. The number of anilines is 1. The van der Waals surface area contributed by atoms with Crippen LogP contribution in [0.1, 0.15) is 56.8 Å². The van der Waals surface area contributed by atoms with Gasteiger partial charge in [-0.3, -0.25) is 0 Å². The first-order valence-electron chi connectivity index (χ1n) is 9.81. The number of nitrogens with zero attached hydrogens (tertiary/aromatic N) is 3. The van der Waals surface area contributed by atoms with Gasteiger partial charge in [0.2, 0.25) is 0 Å². The molecule has 9 nitrogen and oxygen atoms in total. The van der Waals surface area contributed by atoms with E-state index in [0.29, 0.717) is 23.9 Å². The molecule has 9 heteroatoms. The normalized spacial score (nSPS) is 15.8. The van der Waals surface area contributed by atoms with Crippen molar-refractivity contribution in [3.63, 3.8) is 0 Å². The number of methoxy groups -OCH3 is 1. The molecular weight excluding hydrogens is 390 g/mol. The number of carboxylic acids is 1. The summed E-state index contributed by atoms with van der Waals surface area (Å²) in [5.74, 6) is -1.57. The first-order chi connectivity index (χ1) is 14.0. The van der Waals surface area contributed by atoms with E-state index in [2.05, 4.69) is 4.98 Å². The highest BCUT2D eigenvalue weighted by Crippen LogP contribution is 2.41. The van der Waals surface area contributed by atoms with Crippen LogP contribution in [0, 0.1) is 0 Å². The minimum absolute atomic E-state index is 0.117. The van der Waals surface area contributed by atoms with Gasteiger partial charge in [-0.2, -0.15) is 0 Å². The predicted octanol–water partition coefficient (Wildman–Crippen LogP) is 3.44. The lowest BCUT2D eigenvalue weighted by molar-refractivity contribution is -0.143. The van der Waals surface area contributed by atoms with Gasteiger partial charge in [-0.25, -0.2) is 23.9 Å². The molecule has 2 aromatic rings. The van der Waals surface area contributed by atoms with Crippen molar-refractivity contribution < 1.29 is 29.0 Å². The number of carbonyl (C=O) groups is 3. The van der Waals surface area contributed by atoms with Gasteiger partial charge in [0.05, 0.1) is 23.7 Å². The number of fused-ring (bicyclic) bond motifs is 1. The first kappa shape index (κ1) is 21.6. The molecule has 3 rings (SSSR count). The number of aromatic nitrogens is 2. The molecule has 30 heavy (non-hydrogen) atoms. The Balaban J connectivity index is 2.23. The molecule has 0 amide bonds. The lowest BCUT2D eigenvalue weighted by Crippen LogP contribution is -2.51. The molecule has 0 unspecified atom stereocenters. The van der Waals surface area contributed by atoms with E-state index in [1.165, 1.54) is 19.5 Å². The van der Waals surface area contributed by atoms with Crippen molar-refractivity contribution in [1.29, 1.82) is 0 Å². The van der Waals surface area contributed by atoms with Crippen LogP contribution >= 0.6 is 0 Å². The Bertz CT molecular complexity index is 998. The summed E-state index contributed by atoms with van der Waals surface area (Å²) in [7, 11) is 2.94. The van der Waals surface area contributed by atoms with Gasteiger partial charge in [0.15, 0.2) is 5.65 Å². The summed E-state index contributed by atoms with van der Waals surface area (Å²) in [5, 5.41) is 10.3. The smallest absolute Gasteiger partial charge is 0.420 e. The summed E-state index contributed by atoms with van der Waals surface area (Å²) in [4.78, 5) is 43.4. The fraction of sp³-hybridized carbons (Fsp3) is 0.524. The lowest BCUT2D eigenvalue weighted by atomic mass is 9.94. The fourth-order valence-electron chi connectivity index (χ4n) is 4.01. The van der Waals surface area contributed by atoms with Crippen molar-refractivity contribution in [3.8, 4) is 0 Å². The Labute approximate surface area is 174 Å². The number of esters is 1. The molecule has 0 aliphatic heterocycles. The topological polar surface area (TPSA) is 111 Å². The van der Waals surface area contributed by atoms with E-state index in [9.17, 15) is 19.5 Å². The molecule has 0 spiro atoms. The van der Waals surface area contributed by atoms with Crippen LogP contribution in [0.4, 0.5) is 10.5 Å². The van der Waals surface area contributed by atoms with Gasteiger partial charge in [0.1, 0.15) is 11.1 Å². The Kier molecular flexibility index (Phi) is 5.49. The van der Waals surface area contributed by atoms with Crippen LogP contribution in [0.3, 0.4) is 0 Å². The van der Waals surface area contributed by atoms with Crippen LogP contribution in [0.15, 0.2) is 18.5 Å². The number of hydrogen-bond donors (Lipinski definition) is 1. The zero-order chi connectivity index (χ0) is 22.3. The van der Waals surface area contributed by atoms with Crippen LogP contribution in [0.2, 0.25) is 0 Å². The second-order valence-corrected chi connectivity index (χ2v) is 8.52. The van der Waals surface area contributed by atoms with Crippen molar-refractivity contribution in [2.24, 2.45) is 0 Å². The second-order valence-electron chi connectivity index (χ2n) is 8.52. The molecule has 2 aromatic heterocycles. The minimum atomic E-state index is -1.09. The van der Waals surface area contributed by atoms with E-state index in [4.69, 9.17) is 9.47 Å². The van der Waals surface area contributed by atoms with Gasteiger partial charge in [0.25, 0.3) is 0 Å². The quantitative estimate of drug-likeness (QED) is 0.753. The third kappa shape index (κ3) is 3.59. The summed E-state index contributed by atoms with van der Waals surface area (Å²) in [6.45, 7) is 5.21. The number of rotatable bonds is 4. The summed E-state index contributed by atoms with van der Waals surface area (Å²) >= 11 is 0. The maximum Gasteiger partial charge on any atom is 0.420 e. The van der Waals surface area contributed by atoms with E-state index >= 15 is 0 Å². The maximum atomic E-state index is 12.7. The van der Waals surface area contributed by atoms with Crippen LogP contribution in [-0.2, 0) is 14.3 Å². The highest BCUT2D eigenvalue weighted by Gasteiger charge is 2.46. The van der Waals surface area contributed by atoms with Crippen LogP contribution in [-0.4, -0.2) is 58.0 Å². The molecule has 0 aromatic carbocycles. The molecule has 0 bridgehead atoms. The van der Waals surface area contributed by atoms with Gasteiger partial charge < -0.3 is 19.5 Å². The second kappa shape index (κ2) is 7.62. The van der Waals surface area contributed by atoms with Gasteiger partial charge >= 0.3 is 18.0 Å². The third-order valence-corrected chi connectivity index (χ3v) is 5.49. The largest absolute Gasteiger partial charge is 0.479 e. The van der Waals surface area contributed by atoms with Crippen LogP contribution in [0.5, 0.6) is 0 Å². The molecule has 1 saturated carbocycles. The van der Waals surface area contributed by atoms with Crippen LogP contribution in [0.25, 0.3) is 11.0 Å². The number of aliphatic carboxylic acids is 1. The third-order valence-electron chi connectivity index (χ3n) is 5.49. The lowest BCUT2D eigenvalue weighted by Gasteiger charge is -2.37. The van der Waals surface area contributed by atoms with Gasteiger partial charge in [-0.1, -0.05) is 12.8 Å². The number of ether oxygens (including phenoxy) is 2. The zero-order valence-electron chi connectivity index (χ0n) is 17.9. The van der Waals surface area contributed by atoms with Gasteiger partial charge in [-0.15, -0.1) is 0 Å². The summed E-state index contributed by atoms with van der Waals surface area (Å²) < 4.78 is 11.5. The van der Waals surface area contributed by atoms with Crippen molar-refractivity contribution in [3.05, 3.63) is 24.0 Å². The minimum Gasteiger partial charge on any atom is -0.479 e. The van der Waals surface area contributed by atoms with E-state index in [1.807, 2.05) is 0 Å². The Morgan fingerprint density at radius 1 is 1.23 bits per heavy atom. The number of pyridine rings is 1. The van der Waals surface area contributed by atoms with Crippen LogP contribution < -0.4 is 4.90 Å². The van der Waals surface area contributed by atoms with Crippen molar-refractivity contribution >= 4 is 34.8 Å². The SMILES string of the molecule is COC(=O)c1cn(C(=O)OC(C)(C)C)c2nccc(N(C)C3(C(=O)O)CCCC3)c12. The summed E-state index contributed by atoms with van der Waals surface area (Å²) in [6.07, 6.45) is 4.70. The monoisotopic (exact) mass is 417 g/mol. The molecule has 1 aliphatic carbocycles. The van der Waals surface area contributed by atoms with Gasteiger partial charge in [-0.05, 0) is 39.7 Å². The van der Waals surface area contributed by atoms with Crippen molar-refractivity contribution in [2.75, 3.05) is 19.1 Å². The molecule has 0 radical (unpaired) electrons. The van der Waals surface area contributed by atoms with Gasteiger partial charge in [0, 0.05) is 19.4 Å². The molecular formula is C21H27N3O6. The number of hydrogen-bond acceptors (Lipinski definition) is 7. The molecule has 0 atom stereocenters. The number of carbonyl (C=O) groups excluding carboxylic acids is 2. The van der Waals surface area contributed by atoms with E-state index in [0.717, 1.165) is 17.4 Å². The Morgan fingerprint density at radius 2 is 1.87 bits per heavy atom. The molecule has 2 heterocycles. The first-order valence-corrected chi connectivity index (χ1v) is 9.81. The average molecular weight is 417 g/mol. The molecule has 1 fully saturated rings.